The normalized spacial score (nSPS) is 22.6. The highest BCUT2D eigenvalue weighted by Crippen LogP contribution is 2.29. The van der Waals surface area contributed by atoms with Crippen molar-refractivity contribution in [1.82, 2.24) is 10.3 Å². The Hall–Kier alpha value is -0.0600. The molecule has 2 rings (SSSR count). The van der Waals surface area contributed by atoms with Gasteiger partial charge < -0.3 is 5.32 Å². The Morgan fingerprint density at radius 1 is 1.53 bits per heavy atom. The Labute approximate surface area is 113 Å². The molecule has 0 aromatic carbocycles. The fraction of sp³-hybridized carbons (Fsp3) is 0.769. The quantitative estimate of drug-likeness (QED) is 0.889. The van der Waals surface area contributed by atoms with Crippen molar-refractivity contribution in [3.63, 3.8) is 0 Å². The lowest BCUT2D eigenvalue weighted by Crippen LogP contribution is -2.41. The van der Waals surface area contributed by atoms with Gasteiger partial charge in [-0.05, 0) is 32.1 Å². The van der Waals surface area contributed by atoms with Crippen LogP contribution in [0.2, 0.25) is 0 Å². The van der Waals surface area contributed by atoms with E-state index in [1.807, 2.05) is 0 Å². The summed E-state index contributed by atoms with van der Waals surface area (Å²) in [5.74, 6) is 1.34. The largest absolute Gasteiger partial charge is 0.313 e. The second-order valence-electron chi connectivity index (χ2n) is 4.63. The van der Waals surface area contributed by atoms with Crippen LogP contribution in [-0.2, 0) is 6.42 Å². The first kappa shape index (κ1) is 13.4. The van der Waals surface area contributed by atoms with Crippen LogP contribution >= 0.6 is 23.1 Å². The predicted molar refractivity (Wildman–Crippen MR) is 78.1 cm³/mol. The van der Waals surface area contributed by atoms with Crippen LogP contribution < -0.4 is 5.32 Å². The lowest BCUT2D eigenvalue weighted by molar-refractivity contribution is 0.469. The SMILES string of the molecule is CCNC(Cc1csc(C)n1)C1CCCCS1. The van der Waals surface area contributed by atoms with Crippen molar-refractivity contribution in [3.05, 3.63) is 16.1 Å². The van der Waals surface area contributed by atoms with Crippen LogP contribution in [0.25, 0.3) is 0 Å². The van der Waals surface area contributed by atoms with Crippen LogP contribution in [0, 0.1) is 6.92 Å². The van der Waals surface area contributed by atoms with E-state index in [4.69, 9.17) is 0 Å². The van der Waals surface area contributed by atoms with Gasteiger partial charge in [-0.1, -0.05) is 13.3 Å². The molecule has 1 aliphatic rings. The second-order valence-corrected chi connectivity index (χ2v) is 7.04. The monoisotopic (exact) mass is 270 g/mol. The van der Waals surface area contributed by atoms with Crippen molar-refractivity contribution >= 4 is 23.1 Å². The first-order valence-electron chi connectivity index (χ1n) is 6.55. The minimum Gasteiger partial charge on any atom is -0.313 e. The Bertz CT molecular complexity index is 332. The highest BCUT2D eigenvalue weighted by Gasteiger charge is 2.24. The van der Waals surface area contributed by atoms with Gasteiger partial charge in [0.15, 0.2) is 0 Å². The molecular formula is C13H22N2S2. The summed E-state index contributed by atoms with van der Waals surface area (Å²) in [6.07, 6.45) is 5.26. The zero-order valence-corrected chi connectivity index (χ0v) is 12.4. The van der Waals surface area contributed by atoms with Gasteiger partial charge in [-0.25, -0.2) is 4.98 Å². The average Bonchev–Trinajstić information content (AvgIpc) is 2.75. The number of aromatic nitrogens is 1. The molecule has 1 fully saturated rings. The molecule has 1 saturated heterocycles. The molecular weight excluding hydrogens is 248 g/mol. The summed E-state index contributed by atoms with van der Waals surface area (Å²) < 4.78 is 0. The molecule has 2 atom stereocenters. The number of hydrogen-bond donors (Lipinski definition) is 1. The van der Waals surface area contributed by atoms with Crippen molar-refractivity contribution in [2.45, 2.75) is 50.8 Å². The topological polar surface area (TPSA) is 24.9 Å². The van der Waals surface area contributed by atoms with Crippen LogP contribution in [0.4, 0.5) is 0 Å². The van der Waals surface area contributed by atoms with Crippen LogP contribution in [0.3, 0.4) is 0 Å². The van der Waals surface area contributed by atoms with Crippen LogP contribution in [-0.4, -0.2) is 28.6 Å². The third kappa shape index (κ3) is 3.97. The number of likely N-dealkylation sites (N-methyl/N-ethyl adjacent to an activating group) is 1. The van der Waals surface area contributed by atoms with Gasteiger partial charge in [0.2, 0.25) is 0 Å². The van der Waals surface area contributed by atoms with Crippen molar-refractivity contribution < 1.29 is 0 Å². The smallest absolute Gasteiger partial charge is 0.0897 e. The third-order valence-corrected chi connectivity index (χ3v) is 5.56. The van der Waals surface area contributed by atoms with E-state index < -0.39 is 0 Å². The van der Waals surface area contributed by atoms with Crippen molar-refractivity contribution in [3.8, 4) is 0 Å². The van der Waals surface area contributed by atoms with E-state index in [0.717, 1.165) is 18.2 Å². The van der Waals surface area contributed by atoms with Gasteiger partial charge in [0.1, 0.15) is 0 Å². The molecule has 2 nitrogen and oxygen atoms in total. The van der Waals surface area contributed by atoms with Gasteiger partial charge in [0.05, 0.1) is 10.7 Å². The van der Waals surface area contributed by atoms with Crippen molar-refractivity contribution in [1.29, 1.82) is 0 Å². The van der Waals surface area contributed by atoms with Crippen LogP contribution in [0.5, 0.6) is 0 Å². The number of nitrogens with one attached hydrogen (secondary N) is 1. The molecule has 0 amide bonds. The summed E-state index contributed by atoms with van der Waals surface area (Å²) in [5.41, 5.74) is 1.27. The molecule has 1 aliphatic heterocycles. The Morgan fingerprint density at radius 2 is 2.41 bits per heavy atom. The maximum Gasteiger partial charge on any atom is 0.0897 e. The minimum atomic E-state index is 0.604. The third-order valence-electron chi connectivity index (χ3n) is 3.23. The van der Waals surface area contributed by atoms with Crippen molar-refractivity contribution in [2.24, 2.45) is 0 Å². The number of aryl methyl sites for hydroxylation is 1. The van der Waals surface area contributed by atoms with E-state index in [2.05, 4.69) is 41.3 Å². The highest BCUT2D eigenvalue weighted by atomic mass is 32.2. The van der Waals surface area contributed by atoms with E-state index >= 15 is 0 Å². The summed E-state index contributed by atoms with van der Waals surface area (Å²) in [7, 11) is 0. The van der Waals surface area contributed by atoms with Gasteiger partial charge in [-0.3, -0.25) is 0 Å². The summed E-state index contributed by atoms with van der Waals surface area (Å²) in [5, 5.41) is 7.84. The van der Waals surface area contributed by atoms with Gasteiger partial charge in [0.25, 0.3) is 0 Å². The van der Waals surface area contributed by atoms with Crippen LogP contribution in [0.15, 0.2) is 5.38 Å². The van der Waals surface area contributed by atoms with E-state index in [-0.39, 0.29) is 0 Å². The molecule has 0 saturated carbocycles. The first-order valence-corrected chi connectivity index (χ1v) is 8.48. The van der Waals surface area contributed by atoms with Gasteiger partial charge >= 0.3 is 0 Å². The second kappa shape index (κ2) is 6.76. The summed E-state index contributed by atoms with van der Waals surface area (Å²) in [4.78, 5) is 4.60. The lowest BCUT2D eigenvalue weighted by atomic mass is 10.0. The Balaban J connectivity index is 1.95. The summed E-state index contributed by atoms with van der Waals surface area (Å²) in [6.45, 7) is 5.35. The first-order chi connectivity index (χ1) is 8.29. The molecule has 1 aromatic rings. The molecule has 2 unspecified atom stereocenters. The number of hydrogen-bond acceptors (Lipinski definition) is 4. The highest BCUT2D eigenvalue weighted by molar-refractivity contribution is 8.00. The molecule has 17 heavy (non-hydrogen) atoms. The standard InChI is InChI=1S/C13H22N2S2/c1-3-14-12(13-6-4-5-7-16-13)8-11-9-17-10(2)15-11/h9,12-14H,3-8H2,1-2H3. The Morgan fingerprint density at radius 3 is 3.00 bits per heavy atom. The zero-order valence-electron chi connectivity index (χ0n) is 10.7. The maximum absolute atomic E-state index is 4.60. The Kier molecular flexibility index (Phi) is 5.32. The zero-order chi connectivity index (χ0) is 12.1. The molecule has 0 bridgehead atoms. The fourth-order valence-corrected chi connectivity index (χ4v) is 4.46. The molecule has 0 radical (unpaired) electrons. The van der Waals surface area contributed by atoms with Gasteiger partial charge in [0, 0.05) is 23.1 Å². The van der Waals surface area contributed by atoms with E-state index in [0.29, 0.717) is 6.04 Å². The number of thiazole rings is 1. The van der Waals surface area contributed by atoms with E-state index in [1.54, 1.807) is 11.3 Å². The van der Waals surface area contributed by atoms with E-state index in [9.17, 15) is 0 Å². The van der Waals surface area contributed by atoms with Crippen molar-refractivity contribution in [2.75, 3.05) is 12.3 Å². The van der Waals surface area contributed by atoms with Crippen LogP contribution in [0.1, 0.15) is 36.9 Å². The summed E-state index contributed by atoms with van der Waals surface area (Å²) >= 11 is 3.92. The predicted octanol–water partition coefficient (Wildman–Crippen LogP) is 3.26. The minimum absolute atomic E-state index is 0.604. The molecule has 0 spiro atoms. The molecule has 2 heterocycles. The molecule has 4 heteroatoms. The van der Waals surface area contributed by atoms with E-state index in [1.165, 1.54) is 35.7 Å². The number of nitrogens with zero attached hydrogens (tertiary/aromatic N) is 1. The lowest BCUT2D eigenvalue weighted by Gasteiger charge is -2.30. The number of thioether (sulfide) groups is 1. The molecule has 1 aromatic heterocycles. The fourth-order valence-electron chi connectivity index (χ4n) is 2.41. The van der Waals surface area contributed by atoms with Gasteiger partial charge in [-0.15, -0.1) is 11.3 Å². The average molecular weight is 270 g/mol. The molecule has 0 aliphatic carbocycles. The number of rotatable bonds is 5. The summed E-state index contributed by atoms with van der Waals surface area (Å²) in [6, 6.07) is 0.604. The van der Waals surface area contributed by atoms with Gasteiger partial charge in [-0.2, -0.15) is 11.8 Å². The molecule has 96 valence electrons. The maximum atomic E-state index is 4.60. The molecule has 1 N–H and O–H groups in total.